The number of halogens is 1. The molecule has 100 valence electrons. The standard InChI is InChI=1S/C14H26FNO/c1-17-10-14(15,5-2-6-16)9-13-8-11-3-4-12(13)7-11/h11-13H,2-10,16H2,1H3. The minimum Gasteiger partial charge on any atom is -0.381 e. The van der Waals surface area contributed by atoms with Crippen molar-refractivity contribution in [3.8, 4) is 0 Å². The van der Waals surface area contributed by atoms with E-state index in [2.05, 4.69) is 0 Å². The van der Waals surface area contributed by atoms with Crippen molar-refractivity contribution in [3.63, 3.8) is 0 Å². The molecule has 2 rings (SSSR count). The van der Waals surface area contributed by atoms with Gasteiger partial charge in [0.1, 0.15) is 5.67 Å². The number of hydrogen-bond donors (Lipinski definition) is 1. The summed E-state index contributed by atoms with van der Waals surface area (Å²) in [4.78, 5) is 0. The van der Waals surface area contributed by atoms with E-state index in [9.17, 15) is 4.39 Å². The molecule has 2 aliphatic rings. The number of ether oxygens (including phenoxy) is 1. The van der Waals surface area contributed by atoms with Gasteiger partial charge in [-0.2, -0.15) is 0 Å². The fourth-order valence-corrected chi connectivity index (χ4v) is 4.01. The Bertz CT molecular complexity index is 248. The Labute approximate surface area is 104 Å². The minimum atomic E-state index is -1.14. The number of alkyl halides is 1. The number of hydrogen-bond acceptors (Lipinski definition) is 2. The maximum atomic E-state index is 14.8. The molecule has 0 aromatic heterocycles. The fourth-order valence-electron chi connectivity index (χ4n) is 4.01. The third-order valence-corrected chi connectivity index (χ3v) is 4.74. The average Bonchev–Trinajstić information content (AvgIpc) is 2.88. The van der Waals surface area contributed by atoms with Gasteiger partial charge >= 0.3 is 0 Å². The minimum absolute atomic E-state index is 0.237. The van der Waals surface area contributed by atoms with Crippen LogP contribution in [0.25, 0.3) is 0 Å². The van der Waals surface area contributed by atoms with Crippen LogP contribution in [0, 0.1) is 17.8 Å². The molecule has 0 saturated heterocycles. The second-order valence-corrected chi connectivity index (χ2v) is 6.12. The maximum Gasteiger partial charge on any atom is 0.134 e. The normalized spacial score (nSPS) is 35.1. The van der Waals surface area contributed by atoms with Gasteiger partial charge in [-0.3, -0.25) is 0 Å². The van der Waals surface area contributed by atoms with Crippen LogP contribution in [0.4, 0.5) is 4.39 Å². The van der Waals surface area contributed by atoms with Crippen molar-refractivity contribution >= 4 is 0 Å². The molecule has 0 aromatic rings. The van der Waals surface area contributed by atoms with E-state index in [0.29, 0.717) is 25.3 Å². The van der Waals surface area contributed by atoms with Crippen molar-refractivity contribution in [2.24, 2.45) is 23.5 Å². The summed E-state index contributed by atoms with van der Waals surface area (Å²) in [6, 6.07) is 0. The van der Waals surface area contributed by atoms with Crippen molar-refractivity contribution in [2.45, 2.75) is 50.6 Å². The summed E-state index contributed by atoms with van der Waals surface area (Å²) in [7, 11) is 1.59. The Kier molecular flexibility index (Phi) is 4.42. The van der Waals surface area contributed by atoms with E-state index in [1.165, 1.54) is 25.7 Å². The fraction of sp³-hybridized carbons (Fsp3) is 1.00. The zero-order valence-electron chi connectivity index (χ0n) is 11.0. The molecule has 4 atom stereocenters. The molecule has 2 bridgehead atoms. The van der Waals surface area contributed by atoms with Gasteiger partial charge in [0.15, 0.2) is 0 Å². The molecule has 17 heavy (non-hydrogen) atoms. The summed E-state index contributed by atoms with van der Waals surface area (Å²) in [5.41, 5.74) is 4.36. The maximum absolute atomic E-state index is 14.8. The zero-order valence-corrected chi connectivity index (χ0v) is 11.0. The predicted octanol–water partition coefficient (Wildman–Crippen LogP) is 2.91. The SMILES string of the molecule is COCC(F)(CCCN)CC1CC2CCC1C2. The first-order valence-electron chi connectivity index (χ1n) is 7.05. The summed E-state index contributed by atoms with van der Waals surface area (Å²) in [6.07, 6.45) is 7.34. The molecular weight excluding hydrogens is 217 g/mol. The van der Waals surface area contributed by atoms with Crippen LogP contribution in [0.1, 0.15) is 44.9 Å². The van der Waals surface area contributed by atoms with Crippen LogP contribution in [0.2, 0.25) is 0 Å². The third-order valence-electron chi connectivity index (χ3n) is 4.74. The lowest BCUT2D eigenvalue weighted by molar-refractivity contribution is 0.00792. The Balaban J connectivity index is 1.88. The molecule has 0 amide bonds. The lowest BCUT2D eigenvalue weighted by Gasteiger charge is -2.31. The molecule has 0 aliphatic heterocycles. The number of nitrogens with two attached hydrogens (primary N) is 1. The summed E-state index contributed by atoms with van der Waals surface area (Å²) in [6.45, 7) is 0.812. The predicted molar refractivity (Wildman–Crippen MR) is 67.6 cm³/mol. The van der Waals surface area contributed by atoms with Gasteiger partial charge in [-0.25, -0.2) is 4.39 Å². The molecule has 4 unspecified atom stereocenters. The Hall–Kier alpha value is -0.150. The highest BCUT2D eigenvalue weighted by atomic mass is 19.1. The van der Waals surface area contributed by atoms with Crippen molar-refractivity contribution in [1.82, 2.24) is 0 Å². The van der Waals surface area contributed by atoms with Gasteiger partial charge in [0.05, 0.1) is 6.61 Å². The summed E-state index contributed by atoms with van der Waals surface area (Å²) >= 11 is 0. The molecule has 0 heterocycles. The first-order chi connectivity index (χ1) is 8.17. The smallest absolute Gasteiger partial charge is 0.134 e. The summed E-state index contributed by atoms with van der Waals surface area (Å²) in [5, 5.41) is 0. The molecule has 2 aliphatic carbocycles. The van der Waals surface area contributed by atoms with E-state index < -0.39 is 5.67 Å². The summed E-state index contributed by atoms with van der Waals surface area (Å²) in [5.74, 6) is 2.29. The van der Waals surface area contributed by atoms with Crippen molar-refractivity contribution in [2.75, 3.05) is 20.3 Å². The van der Waals surface area contributed by atoms with E-state index in [1.807, 2.05) is 0 Å². The molecule has 0 radical (unpaired) electrons. The molecule has 2 N–H and O–H groups in total. The van der Waals surface area contributed by atoms with E-state index >= 15 is 0 Å². The first kappa shape index (κ1) is 13.3. The van der Waals surface area contributed by atoms with Gasteiger partial charge in [0, 0.05) is 7.11 Å². The zero-order chi connectivity index (χ0) is 12.3. The molecule has 2 nitrogen and oxygen atoms in total. The van der Waals surface area contributed by atoms with Crippen LogP contribution in [0.15, 0.2) is 0 Å². The van der Waals surface area contributed by atoms with Gasteiger partial charge in [-0.05, 0) is 62.8 Å². The number of fused-ring (bicyclic) bond motifs is 2. The molecular formula is C14H26FNO. The first-order valence-corrected chi connectivity index (χ1v) is 7.05. The quantitative estimate of drug-likeness (QED) is 0.746. The van der Waals surface area contributed by atoms with E-state index in [1.54, 1.807) is 7.11 Å². The van der Waals surface area contributed by atoms with Crippen LogP contribution < -0.4 is 5.73 Å². The van der Waals surface area contributed by atoms with E-state index in [0.717, 1.165) is 18.3 Å². The number of methoxy groups -OCH3 is 1. The van der Waals surface area contributed by atoms with Gasteiger partial charge in [-0.15, -0.1) is 0 Å². The molecule has 0 aromatic carbocycles. The van der Waals surface area contributed by atoms with Gasteiger partial charge in [0.25, 0.3) is 0 Å². The second-order valence-electron chi connectivity index (χ2n) is 6.12. The number of rotatable bonds is 7. The Morgan fingerprint density at radius 2 is 2.18 bits per heavy atom. The molecule has 0 spiro atoms. The highest BCUT2D eigenvalue weighted by Gasteiger charge is 2.43. The van der Waals surface area contributed by atoms with Gasteiger partial charge in [-0.1, -0.05) is 6.42 Å². The Morgan fingerprint density at radius 1 is 1.35 bits per heavy atom. The highest BCUT2D eigenvalue weighted by Crippen LogP contribution is 2.51. The van der Waals surface area contributed by atoms with Crippen molar-refractivity contribution < 1.29 is 9.13 Å². The second kappa shape index (κ2) is 5.66. The Morgan fingerprint density at radius 3 is 2.71 bits per heavy atom. The van der Waals surface area contributed by atoms with E-state index in [-0.39, 0.29) is 6.61 Å². The van der Waals surface area contributed by atoms with Crippen LogP contribution >= 0.6 is 0 Å². The topological polar surface area (TPSA) is 35.2 Å². The monoisotopic (exact) mass is 243 g/mol. The van der Waals surface area contributed by atoms with E-state index in [4.69, 9.17) is 10.5 Å². The molecule has 3 heteroatoms. The van der Waals surface area contributed by atoms with Crippen LogP contribution in [0.3, 0.4) is 0 Å². The van der Waals surface area contributed by atoms with Crippen LogP contribution in [-0.2, 0) is 4.74 Å². The highest BCUT2D eigenvalue weighted by molar-refractivity contribution is 4.94. The average molecular weight is 243 g/mol. The largest absolute Gasteiger partial charge is 0.381 e. The van der Waals surface area contributed by atoms with Crippen molar-refractivity contribution in [3.05, 3.63) is 0 Å². The van der Waals surface area contributed by atoms with Crippen molar-refractivity contribution in [1.29, 1.82) is 0 Å². The molecule has 2 saturated carbocycles. The summed E-state index contributed by atoms with van der Waals surface area (Å²) < 4.78 is 19.9. The van der Waals surface area contributed by atoms with Gasteiger partial charge < -0.3 is 10.5 Å². The van der Waals surface area contributed by atoms with Crippen LogP contribution in [0.5, 0.6) is 0 Å². The third kappa shape index (κ3) is 3.19. The lowest BCUT2D eigenvalue weighted by Crippen LogP contribution is -2.34. The van der Waals surface area contributed by atoms with Crippen LogP contribution in [-0.4, -0.2) is 25.9 Å². The van der Waals surface area contributed by atoms with Gasteiger partial charge in [0.2, 0.25) is 0 Å². The molecule has 2 fully saturated rings. The lowest BCUT2D eigenvalue weighted by atomic mass is 9.80.